The summed E-state index contributed by atoms with van der Waals surface area (Å²) < 4.78 is 0. The van der Waals surface area contributed by atoms with Crippen LogP contribution in [0.5, 0.6) is 0 Å². The molecule has 0 saturated heterocycles. The fraction of sp³-hybridized carbons (Fsp3) is 0.353. The van der Waals surface area contributed by atoms with Gasteiger partial charge in [-0.15, -0.1) is 0 Å². The van der Waals surface area contributed by atoms with Crippen LogP contribution in [0.3, 0.4) is 0 Å². The predicted octanol–water partition coefficient (Wildman–Crippen LogP) is 2.66. The van der Waals surface area contributed by atoms with Gasteiger partial charge in [0, 0.05) is 6.54 Å². The van der Waals surface area contributed by atoms with Crippen molar-refractivity contribution in [1.82, 2.24) is 5.32 Å². The molecule has 0 aliphatic rings. The van der Waals surface area contributed by atoms with E-state index in [0.717, 1.165) is 23.8 Å². The maximum absolute atomic E-state index is 11.8. The van der Waals surface area contributed by atoms with Gasteiger partial charge in [-0.05, 0) is 22.8 Å². The van der Waals surface area contributed by atoms with Gasteiger partial charge in [0.1, 0.15) is 0 Å². The predicted molar refractivity (Wildman–Crippen MR) is 81.6 cm³/mol. The molecule has 0 fully saturated rings. The van der Waals surface area contributed by atoms with E-state index in [1.54, 1.807) is 0 Å². The van der Waals surface area contributed by atoms with Crippen molar-refractivity contribution in [1.29, 1.82) is 0 Å². The Labute approximate surface area is 119 Å². The quantitative estimate of drug-likeness (QED) is 0.848. The first kappa shape index (κ1) is 14.5. The molecule has 2 aromatic rings. The highest BCUT2D eigenvalue weighted by molar-refractivity contribution is 5.85. The molecule has 1 unspecified atom stereocenters. The highest BCUT2D eigenvalue weighted by Gasteiger charge is 2.07. The maximum Gasteiger partial charge on any atom is 0.224 e. The van der Waals surface area contributed by atoms with Crippen molar-refractivity contribution in [3.63, 3.8) is 0 Å². The monoisotopic (exact) mass is 271 g/mol. The second-order valence-corrected chi connectivity index (χ2v) is 5.10. The molecule has 20 heavy (non-hydrogen) atoms. The molecule has 0 heterocycles. The Morgan fingerprint density at radius 1 is 1.20 bits per heavy atom. The lowest BCUT2D eigenvalue weighted by atomic mass is 10.0. The van der Waals surface area contributed by atoms with Crippen LogP contribution in [0, 0.1) is 0 Å². The van der Waals surface area contributed by atoms with E-state index in [-0.39, 0.29) is 5.91 Å². The van der Waals surface area contributed by atoms with Crippen LogP contribution in [0.1, 0.15) is 25.3 Å². The lowest BCUT2D eigenvalue weighted by Crippen LogP contribution is -2.33. The lowest BCUT2D eigenvalue weighted by molar-refractivity contribution is -0.120. The van der Waals surface area contributed by atoms with Crippen molar-refractivity contribution >= 4 is 16.7 Å². The number of carbonyl (C=O) groups excluding carboxylic acids is 1. The third kappa shape index (κ3) is 4.07. The van der Waals surface area contributed by atoms with E-state index in [9.17, 15) is 9.90 Å². The molecule has 3 nitrogen and oxygen atoms in total. The molecule has 1 atom stereocenters. The van der Waals surface area contributed by atoms with Crippen molar-refractivity contribution in [2.75, 3.05) is 6.54 Å². The highest BCUT2D eigenvalue weighted by Crippen LogP contribution is 2.15. The van der Waals surface area contributed by atoms with Crippen molar-refractivity contribution in [3.05, 3.63) is 48.0 Å². The summed E-state index contributed by atoms with van der Waals surface area (Å²) in [6.07, 6.45) is 1.54. The molecule has 3 heteroatoms. The van der Waals surface area contributed by atoms with Crippen LogP contribution in [0.15, 0.2) is 42.5 Å². The van der Waals surface area contributed by atoms with Crippen molar-refractivity contribution in [2.45, 2.75) is 32.3 Å². The van der Waals surface area contributed by atoms with Crippen molar-refractivity contribution < 1.29 is 9.90 Å². The number of nitrogens with one attached hydrogen (secondary N) is 1. The fourth-order valence-corrected chi connectivity index (χ4v) is 2.26. The first-order valence-corrected chi connectivity index (χ1v) is 7.11. The van der Waals surface area contributed by atoms with Gasteiger partial charge in [-0.2, -0.15) is 0 Å². The topological polar surface area (TPSA) is 49.3 Å². The zero-order valence-corrected chi connectivity index (χ0v) is 11.8. The molecular formula is C17H21NO2. The van der Waals surface area contributed by atoms with Crippen LogP contribution in [0.2, 0.25) is 0 Å². The Balaban J connectivity index is 1.92. The smallest absolute Gasteiger partial charge is 0.224 e. The van der Waals surface area contributed by atoms with Crippen LogP contribution in [-0.4, -0.2) is 23.7 Å². The Morgan fingerprint density at radius 3 is 2.70 bits per heavy atom. The Hall–Kier alpha value is -1.87. The van der Waals surface area contributed by atoms with Crippen LogP contribution in [0.25, 0.3) is 10.8 Å². The van der Waals surface area contributed by atoms with Gasteiger partial charge in [0.05, 0.1) is 12.5 Å². The zero-order valence-electron chi connectivity index (χ0n) is 11.8. The normalized spacial score (nSPS) is 12.3. The van der Waals surface area contributed by atoms with E-state index in [2.05, 4.69) is 11.4 Å². The number of hydrogen-bond donors (Lipinski definition) is 2. The molecule has 1 amide bonds. The van der Waals surface area contributed by atoms with Gasteiger partial charge in [0.15, 0.2) is 0 Å². The number of benzene rings is 2. The molecule has 0 aliphatic heterocycles. The summed E-state index contributed by atoms with van der Waals surface area (Å²) in [6.45, 7) is 2.35. The molecule has 0 radical (unpaired) electrons. The molecular weight excluding hydrogens is 250 g/mol. The van der Waals surface area contributed by atoms with Gasteiger partial charge in [-0.1, -0.05) is 55.8 Å². The minimum atomic E-state index is -0.444. The standard InChI is InChI=1S/C17H21NO2/c1-2-5-16(19)12-18-17(20)11-13-8-9-14-6-3-4-7-15(14)10-13/h3-4,6-10,16,19H,2,5,11-12H2,1H3,(H,18,20). The SMILES string of the molecule is CCCC(O)CNC(=O)Cc1ccc2ccccc2c1. The zero-order chi connectivity index (χ0) is 14.4. The van der Waals surface area contributed by atoms with Gasteiger partial charge < -0.3 is 10.4 Å². The molecule has 0 bridgehead atoms. The number of aliphatic hydroxyl groups excluding tert-OH is 1. The van der Waals surface area contributed by atoms with E-state index in [1.807, 2.05) is 43.3 Å². The summed E-state index contributed by atoms with van der Waals surface area (Å²) in [4.78, 5) is 11.8. The summed E-state index contributed by atoms with van der Waals surface area (Å²) in [5.41, 5.74) is 0.992. The number of aliphatic hydroxyl groups is 1. The summed E-state index contributed by atoms with van der Waals surface area (Å²) in [6, 6.07) is 14.1. The van der Waals surface area contributed by atoms with Crippen LogP contribution < -0.4 is 5.32 Å². The molecule has 106 valence electrons. The highest BCUT2D eigenvalue weighted by atomic mass is 16.3. The van der Waals surface area contributed by atoms with Crippen LogP contribution in [-0.2, 0) is 11.2 Å². The van der Waals surface area contributed by atoms with Crippen molar-refractivity contribution in [2.24, 2.45) is 0 Å². The summed E-state index contributed by atoms with van der Waals surface area (Å²) in [5.74, 6) is -0.0459. The van der Waals surface area contributed by atoms with Crippen LogP contribution >= 0.6 is 0 Å². The number of carbonyl (C=O) groups is 1. The fourth-order valence-electron chi connectivity index (χ4n) is 2.26. The first-order chi connectivity index (χ1) is 9.69. The van der Waals surface area contributed by atoms with E-state index < -0.39 is 6.10 Å². The van der Waals surface area contributed by atoms with Gasteiger partial charge in [-0.25, -0.2) is 0 Å². The minimum absolute atomic E-state index is 0.0459. The Kier molecular flexibility index (Phi) is 5.13. The minimum Gasteiger partial charge on any atom is -0.391 e. The molecule has 0 aliphatic carbocycles. The van der Waals surface area contributed by atoms with Gasteiger partial charge in [-0.3, -0.25) is 4.79 Å². The third-order valence-corrected chi connectivity index (χ3v) is 3.34. The Morgan fingerprint density at radius 2 is 1.95 bits per heavy atom. The van der Waals surface area contributed by atoms with E-state index in [4.69, 9.17) is 0 Å². The molecule has 0 saturated carbocycles. The Bertz CT molecular complexity index is 580. The summed E-state index contributed by atoms with van der Waals surface area (Å²) in [7, 11) is 0. The average Bonchev–Trinajstić information content (AvgIpc) is 2.45. The van der Waals surface area contributed by atoms with Crippen LogP contribution in [0.4, 0.5) is 0 Å². The van der Waals surface area contributed by atoms with Gasteiger partial charge >= 0.3 is 0 Å². The number of hydrogen-bond acceptors (Lipinski definition) is 2. The van der Waals surface area contributed by atoms with Gasteiger partial charge in [0.2, 0.25) is 5.91 Å². The molecule has 2 rings (SSSR count). The molecule has 0 spiro atoms. The maximum atomic E-state index is 11.8. The largest absolute Gasteiger partial charge is 0.391 e. The number of rotatable bonds is 6. The molecule has 0 aromatic heterocycles. The second-order valence-electron chi connectivity index (χ2n) is 5.10. The van der Waals surface area contributed by atoms with E-state index >= 15 is 0 Å². The third-order valence-electron chi connectivity index (χ3n) is 3.34. The van der Waals surface area contributed by atoms with Gasteiger partial charge in [0.25, 0.3) is 0 Å². The average molecular weight is 271 g/mol. The lowest BCUT2D eigenvalue weighted by Gasteiger charge is -2.11. The van der Waals surface area contributed by atoms with Crippen molar-refractivity contribution in [3.8, 4) is 0 Å². The van der Waals surface area contributed by atoms with E-state index in [1.165, 1.54) is 5.39 Å². The first-order valence-electron chi connectivity index (χ1n) is 7.11. The summed E-state index contributed by atoms with van der Waals surface area (Å²) in [5, 5.41) is 14.7. The second kappa shape index (κ2) is 7.06. The number of amides is 1. The molecule has 2 N–H and O–H groups in total. The summed E-state index contributed by atoms with van der Waals surface area (Å²) >= 11 is 0. The number of fused-ring (bicyclic) bond motifs is 1. The van der Waals surface area contributed by atoms with E-state index in [0.29, 0.717) is 13.0 Å². The molecule has 2 aromatic carbocycles.